The summed E-state index contributed by atoms with van der Waals surface area (Å²) < 4.78 is 40.5. The zero-order valence-corrected chi connectivity index (χ0v) is 15.7. The molecule has 0 aromatic heterocycles. The molecule has 0 saturated heterocycles. The van der Waals surface area contributed by atoms with Crippen molar-refractivity contribution in [2.75, 3.05) is 6.54 Å². The maximum atomic E-state index is 12.6. The highest BCUT2D eigenvalue weighted by Crippen LogP contribution is 2.19. The van der Waals surface area contributed by atoms with E-state index < -0.39 is 28.3 Å². The Bertz CT molecular complexity index is 944. The van der Waals surface area contributed by atoms with Crippen LogP contribution in [-0.2, 0) is 41.8 Å². The predicted molar refractivity (Wildman–Crippen MR) is 104 cm³/mol. The maximum absolute atomic E-state index is 12.6. The van der Waals surface area contributed by atoms with E-state index in [1.54, 1.807) is 30.3 Å². The lowest BCUT2D eigenvalue weighted by Crippen LogP contribution is -2.35. The van der Waals surface area contributed by atoms with Gasteiger partial charge in [0.2, 0.25) is 0 Å². The van der Waals surface area contributed by atoms with Crippen molar-refractivity contribution in [3.05, 3.63) is 65.7 Å². The van der Waals surface area contributed by atoms with Gasteiger partial charge in [-0.2, -0.15) is 8.42 Å². The van der Waals surface area contributed by atoms with Gasteiger partial charge >= 0.3 is 12.1 Å². The zero-order chi connectivity index (χ0) is 20.0. The molecule has 1 amide bonds. The van der Waals surface area contributed by atoms with Crippen molar-refractivity contribution < 1.29 is 31.7 Å². The van der Waals surface area contributed by atoms with Crippen molar-refractivity contribution in [3.63, 3.8) is 0 Å². The first kappa shape index (κ1) is 22.4. The second-order valence-electron chi connectivity index (χ2n) is 6.07. The van der Waals surface area contributed by atoms with Crippen LogP contribution in [0.3, 0.4) is 0 Å². The van der Waals surface area contributed by atoms with E-state index in [1.165, 1.54) is 18.2 Å². The molecule has 0 spiro atoms. The molecular formula is C20H23NO7S. The second-order valence-corrected chi connectivity index (χ2v) is 7.64. The number of benzene rings is 2. The van der Waals surface area contributed by atoms with E-state index in [0.717, 1.165) is 5.56 Å². The molecule has 1 N–H and O–H groups in total. The van der Waals surface area contributed by atoms with Crippen molar-refractivity contribution in [1.29, 1.82) is 0 Å². The van der Waals surface area contributed by atoms with Gasteiger partial charge in [0, 0.05) is 13.0 Å². The number of amides is 1. The van der Waals surface area contributed by atoms with Crippen LogP contribution in [-0.4, -0.2) is 33.1 Å². The highest BCUT2D eigenvalue weighted by atomic mass is 32.2. The van der Waals surface area contributed by atoms with Gasteiger partial charge in [0.1, 0.15) is 13.2 Å². The number of ether oxygens (including phenoxy) is 2. The molecular weight excluding hydrogens is 398 g/mol. The summed E-state index contributed by atoms with van der Waals surface area (Å²) >= 11 is 0. The molecule has 2 bridgehead atoms. The van der Waals surface area contributed by atoms with Crippen LogP contribution in [0, 0.1) is 0 Å². The molecule has 0 fully saturated rings. The molecule has 0 saturated carbocycles. The summed E-state index contributed by atoms with van der Waals surface area (Å²) in [5.74, 6) is -0.837. The molecule has 1 atom stereocenters. The lowest BCUT2D eigenvalue weighted by atomic mass is 10.2. The fourth-order valence-corrected chi connectivity index (χ4v) is 3.66. The fraction of sp³-hybridized carbons (Fsp3) is 0.300. The number of carbonyl (C=O) groups is 2. The van der Waals surface area contributed by atoms with E-state index in [2.05, 4.69) is 5.32 Å². The third-order valence-corrected chi connectivity index (χ3v) is 5.28. The number of carbonyl (C=O) groups excluding carboxylic acids is 2. The van der Waals surface area contributed by atoms with Gasteiger partial charge in [-0.3, -0.25) is 4.18 Å². The van der Waals surface area contributed by atoms with E-state index in [0.29, 0.717) is 5.56 Å². The molecule has 0 radical (unpaired) electrons. The van der Waals surface area contributed by atoms with Gasteiger partial charge in [0.25, 0.3) is 10.1 Å². The minimum atomic E-state index is -4.21. The van der Waals surface area contributed by atoms with Crippen molar-refractivity contribution in [1.82, 2.24) is 5.32 Å². The van der Waals surface area contributed by atoms with Crippen LogP contribution in [0.4, 0.5) is 4.79 Å². The van der Waals surface area contributed by atoms with E-state index in [1.807, 2.05) is 6.07 Å². The largest absolute Gasteiger partial charge is 0.459 e. The van der Waals surface area contributed by atoms with Crippen LogP contribution < -0.4 is 5.32 Å². The first-order valence-corrected chi connectivity index (χ1v) is 9.98. The van der Waals surface area contributed by atoms with E-state index in [9.17, 15) is 18.0 Å². The Labute approximate surface area is 169 Å². The topological polar surface area (TPSA) is 108 Å². The monoisotopic (exact) mass is 421 g/mol. The van der Waals surface area contributed by atoms with Crippen LogP contribution >= 0.6 is 0 Å². The normalized spacial score (nSPS) is 18.6. The van der Waals surface area contributed by atoms with Gasteiger partial charge < -0.3 is 14.8 Å². The van der Waals surface area contributed by atoms with E-state index >= 15 is 0 Å². The zero-order valence-electron chi connectivity index (χ0n) is 14.9. The Morgan fingerprint density at radius 2 is 1.90 bits per heavy atom. The average molecular weight is 421 g/mol. The lowest BCUT2D eigenvalue weighted by molar-refractivity contribution is -0.153. The Balaban J connectivity index is 0.00000300. The smallest absolute Gasteiger partial charge is 0.407 e. The second kappa shape index (κ2) is 10.0. The Kier molecular flexibility index (Phi) is 7.74. The first-order chi connectivity index (χ1) is 13.4. The third kappa shape index (κ3) is 6.30. The SMILES string of the molecule is C.O=C1NCCC(C(=O)OCc2ccccc2)OS(=O)(=O)c2cccc(c2)CO1. The molecule has 1 aliphatic rings. The number of nitrogens with one attached hydrogen (secondary N) is 1. The van der Waals surface area contributed by atoms with Gasteiger partial charge in [-0.05, 0) is 23.3 Å². The summed E-state index contributed by atoms with van der Waals surface area (Å²) in [4.78, 5) is 24.0. The molecule has 3 rings (SSSR count). The molecule has 8 nitrogen and oxygen atoms in total. The number of fused-ring (bicyclic) bond motifs is 2. The Morgan fingerprint density at radius 3 is 2.66 bits per heavy atom. The Morgan fingerprint density at radius 1 is 1.14 bits per heavy atom. The van der Waals surface area contributed by atoms with Crippen molar-refractivity contribution in [3.8, 4) is 0 Å². The summed E-state index contributed by atoms with van der Waals surface area (Å²) in [6.45, 7) is -0.129. The van der Waals surface area contributed by atoms with E-state index in [-0.39, 0.29) is 38.5 Å². The molecule has 1 unspecified atom stereocenters. The van der Waals surface area contributed by atoms with Gasteiger partial charge in [-0.25, -0.2) is 9.59 Å². The first-order valence-electron chi connectivity index (χ1n) is 8.57. The predicted octanol–water partition coefficient (Wildman–Crippen LogP) is 2.77. The average Bonchev–Trinajstić information content (AvgIpc) is 2.70. The summed E-state index contributed by atoms with van der Waals surface area (Å²) in [7, 11) is -4.21. The number of alkyl carbamates (subject to hydrolysis) is 1. The summed E-state index contributed by atoms with van der Waals surface area (Å²) in [6.07, 6.45) is -2.18. The summed E-state index contributed by atoms with van der Waals surface area (Å²) in [6, 6.07) is 14.8. The standard InChI is InChI=1S/C19H19NO7S.CH4/c21-18(25-12-14-5-2-1-3-6-14)17-9-10-20-19(22)26-13-15-7-4-8-16(11-15)28(23,24)27-17;/h1-8,11,17H,9-10,12-13H2,(H,20,22);1H4. The number of esters is 1. The molecule has 156 valence electrons. The molecule has 1 aliphatic heterocycles. The molecule has 9 heteroatoms. The number of hydrogen-bond acceptors (Lipinski definition) is 7. The van der Waals surface area contributed by atoms with Crippen LogP contribution in [0.2, 0.25) is 0 Å². The fourth-order valence-electron chi connectivity index (χ4n) is 2.53. The van der Waals surface area contributed by atoms with Crippen LogP contribution in [0.15, 0.2) is 59.5 Å². The lowest BCUT2D eigenvalue weighted by Gasteiger charge is -2.18. The van der Waals surface area contributed by atoms with Crippen molar-refractivity contribution >= 4 is 22.2 Å². The van der Waals surface area contributed by atoms with Gasteiger partial charge in [-0.15, -0.1) is 0 Å². The van der Waals surface area contributed by atoms with Gasteiger partial charge in [-0.1, -0.05) is 49.9 Å². The maximum Gasteiger partial charge on any atom is 0.407 e. The van der Waals surface area contributed by atoms with Crippen LogP contribution in [0.5, 0.6) is 0 Å². The minimum absolute atomic E-state index is 0. The van der Waals surface area contributed by atoms with Gasteiger partial charge in [0.05, 0.1) is 4.90 Å². The highest BCUT2D eigenvalue weighted by Gasteiger charge is 2.29. The van der Waals surface area contributed by atoms with Crippen molar-refractivity contribution in [2.45, 2.75) is 38.1 Å². The number of rotatable bonds is 3. The molecule has 1 heterocycles. The third-order valence-electron chi connectivity index (χ3n) is 3.96. The van der Waals surface area contributed by atoms with E-state index in [4.69, 9.17) is 13.7 Å². The highest BCUT2D eigenvalue weighted by molar-refractivity contribution is 7.86. The summed E-state index contributed by atoms with van der Waals surface area (Å²) in [5, 5.41) is 2.45. The number of cyclic esters (lactones) is 1. The molecule has 2 aromatic carbocycles. The minimum Gasteiger partial charge on any atom is -0.459 e. The van der Waals surface area contributed by atoms with Crippen LogP contribution in [0.25, 0.3) is 0 Å². The van der Waals surface area contributed by atoms with Crippen LogP contribution in [0.1, 0.15) is 25.0 Å². The molecule has 0 aliphatic carbocycles. The van der Waals surface area contributed by atoms with Crippen molar-refractivity contribution in [2.24, 2.45) is 0 Å². The summed E-state index contributed by atoms with van der Waals surface area (Å²) in [5.41, 5.74) is 1.23. The Hall–Kier alpha value is -2.91. The molecule has 2 aromatic rings. The molecule has 29 heavy (non-hydrogen) atoms. The number of hydrogen-bond donors (Lipinski definition) is 1. The van der Waals surface area contributed by atoms with Gasteiger partial charge in [0.15, 0.2) is 6.10 Å². The quantitative estimate of drug-likeness (QED) is 0.600.